The molecular formula is C11H21ClN2O3. The summed E-state index contributed by atoms with van der Waals surface area (Å²) in [7, 11) is 0. The number of aliphatic hydroxyl groups is 2. The SMILES string of the molecule is CC1(C)C(C=O)N(CC(O)CO)C(C)(C)N1Cl. The van der Waals surface area contributed by atoms with Crippen molar-refractivity contribution in [1.82, 2.24) is 9.32 Å². The van der Waals surface area contributed by atoms with E-state index in [9.17, 15) is 9.90 Å². The molecule has 0 aliphatic carbocycles. The Morgan fingerprint density at radius 3 is 2.35 bits per heavy atom. The van der Waals surface area contributed by atoms with Crippen molar-refractivity contribution in [3.8, 4) is 0 Å². The third kappa shape index (κ3) is 2.35. The summed E-state index contributed by atoms with van der Waals surface area (Å²) in [4.78, 5) is 13.1. The van der Waals surface area contributed by atoms with Crippen LogP contribution in [-0.4, -0.2) is 62.3 Å². The molecule has 0 aromatic carbocycles. The maximum Gasteiger partial charge on any atom is 0.139 e. The summed E-state index contributed by atoms with van der Waals surface area (Å²) < 4.78 is 1.60. The van der Waals surface area contributed by atoms with Gasteiger partial charge >= 0.3 is 0 Å². The minimum atomic E-state index is -0.879. The van der Waals surface area contributed by atoms with Gasteiger partial charge in [-0.3, -0.25) is 4.90 Å². The Morgan fingerprint density at radius 1 is 1.41 bits per heavy atom. The van der Waals surface area contributed by atoms with E-state index in [4.69, 9.17) is 16.9 Å². The number of rotatable bonds is 4. The van der Waals surface area contributed by atoms with E-state index in [2.05, 4.69) is 0 Å². The van der Waals surface area contributed by atoms with Gasteiger partial charge in [0, 0.05) is 6.54 Å². The lowest BCUT2D eigenvalue weighted by Gasteiger charge is -2.36. The minimum absolute atomic E-state index is 0.208. The highest BCUT2D eigenvalue weighted by Gasteiger charge is 2.56. The van der Waals surface area contributed by atoms with Crippen LogP contribution in [0.15, 0.2) is 0 Å². The summed E-state index contributed by atoms with van der Waals surface area (Å²) in [6, 6.07) is -0.420. The molecule has 0 saturated carbocycles. The van der Waals surface area contributed by atoms with Crippen molar-refractivity contribution in [1.29, 1.82) is 0 Å². The van der Waals surface area contributed by atoms with Gasteiger partial charge in [-0.15, -0.1) is 0 Å². The molecule has 2 unspecified atom stereocenters. The smallest absolute Gasteiger partial charge is 0.139 e. The lowest BCUT2D eigenvalue weighted by Crippen LogP contribution is -2.51. The first-order valence-corrected chi connectivity index (χ1v) is 6.00. The van der Waals surface area contributed by atoms with Crippen molar-refractivity contribution in [2.75, 3.05) is 13.2 Å². The van der Waals surface area contributed by atoms with Crippen LogP contribution in [0.3, 0.4) is 0 Å². The summed E-state index contributed by atoms with van der Waals surface area (Å²) in [6.07, 6.45) is -0.0375. The van der Waals surface area contributed by atoms with Crippen LogP contribution in [0.25, 0.3) is 0 Å². The van der Waals surface area contributed by atoms with E-state index < -0.39 is 23.3 Å². The topological polar surface area (TPSA) is 64.0 Å². The van der Waals surface area contributed by atoms with Crippen molar-refractivity contribution < 1.29 is 15.0 Å². The second kappa shape index (κ2) is 4.82. The highest BCUT2D eigenvalue weighted by molar-refractivity contribution is 6.14. The molecule has 0 spiro atoms. The van der Waals surface area contributed by atoms with Gasteiger partial charge in [0.2, 0.25) is 0 Å². The molecule has 0 radical (unpaired) electrons. The van der Waals surface area contributed by atoms with Crippen molar-refractivity contribution in [3.05, 3.63) is 0 Å². The molecule has 1 aliphatic heterocycles. The van der Waals surface area contributed by atoms with Gasteiger partial charge in [-0.1, -0.05) is 0 Å². The van der Waals surface area contributed by atoms with Crippen molar-refractivity contribution >= 4 is 18.1 Å². The lowest BCUT2D eigenvalue weighted by molar-refractivity contribution is -0.114. The Bertz CT molecular complexity index is 296. The molecular weight excluding hydrogens is 244 g/mol. The van der Waals surface area contributed by atoms with Crippen LogP contribution >= 0.6 is 11.8 Å². The van der Waals surface area contributed by atoms with E-state index in [1.54, 1.807) is 4.42 Å². The number of carbonyl (C=O) groups excluding carboxylic acids is 1. The molecule has 5 nitrogen and oxygen atoms in total. The first-order chi connectivity index (χ1) is 7.69. The second-order valence-corrected chi connectivity index (χ2v) is 5.84. The van der Waals surface area contributed by atoms with Crippen LogP contribution in [0.2, 0.25) is 0 Å². The molecule has 1 saturated heterocycles. The lowest BCUT2D eigenvalue weighted by atomic mass is 9.97. The van der Waals surface area contributed by atoms with E-state index in [-0.39, 0.29) is 13.2 Å². The van der Waals surface area contributed by atoms with Crippen LogP contribution in [0, 0.1) is 0 Å². The molecule has 0 aromatic rings. The van der Waals surface area contributed by atoms with Crippen LogP contribution < -0.4 is 0 Å². The van der Waals surface area contributed by atoms with E-state index in [1.165, 1.54) is 0 Å². The summed E-state index contributed by atoms with van der Waals surface area (Å²) in [5.41, 5.74) is -1.09. The van der Waals surface area contributed by atoms with Crippen molar-refractivity contribution in [3.63, 3.8) is 0 Å². The van der Waals surface area contributed by atoms with Gasteiger partial charge < -0.3 is 15.0 Å². The standard InChI is InChI=1S/C11H21ClN2O3/c1-10(2)9(7-16)13(5-8(17)6-15)11(3,4)14(10)12/h7-9,15,17H,5-6H2,1-4H3. The van der Waals surface area contributed by atoms with Crippen molar-refractivity contribution in [2.45, 2.75) is 51.0 Å². The van der Waals surface area contributed by atoms with E-state index >= 15 is 0 Å². The van der Waals surface area contributed by atoms with Gasteiger partial charge in [-0.25, -0.2) is 0 Å². The molecule has 17 heavy (non-hydrogen) atoms. The molecule has 100 valence electrons. The average molecular weight is 265 g/mol. The molecule has 0 bridgehead atoms. The van der Waals surface area contributed by atoms with Crippen LogP contribution in [0.4, 0.5) is 0 Å². The number of aldehydes is 1. The van der Waals surface area contributed by atoms with Gasteiger partial charge in [-0.05, 0) is 39.5 Å². The predicted molar refractivity (Wildman–Crippen MR) is 65.5 cm³/mol. The number of β-amino-alcohol motifs (C(OH)–C–C–N with tert-alkyl or cyclic N) is 1. The van der Waals surface area contributed by atoms with E-state index in [1.807, 2.05) is 32.6 Å². The number of aliphatic hydroxyl groups excluding tert-OH is 2. The monoisotopic (exact) mass is 264 g/mol. The van der Waals surface area contributed by atoms with Gasteiger partial charge in [0.1, 0.15) is 6.29 Å². The van der Waals surface area contributed by atoms with Gasteiger partial charge in [-0.2, -0.15) is 4.42 Å². The van der Waals surface area contributed by atoms with E-state index in [0.29, 0.717) is 0 Å². The van der Waals surface area contributed by atoms with Crippen LogP contribution in [0.1, 0.15) is 27.7 Å². The van der Waals surface area contributed by atoms with Crippen LogP contribution in [0.5, 0.6) is 0 Å². The number of hydrogen-bond acceptors (Lipinski definition) is 5. The first-order valence-electron chi connectivity index (χ1n) is 5.66. The summed E-state index contributed by atoms with van der Waals surface area (Å²) in [5.74, 6) is 0. The molecule has 2 N–H and O–H groups in total. The summed E-state index contributed by atoms with van der Waals surface area (Å²) in [5, 5.41) is 18.5. The zero-order chi connectivity index (χ0) is 13.4. The highest BCUT2D eigenvalue weighted by atomic mass is 35.5. The third-order valence-corrected chi connectivity index (χ3v) is 4.35. The number of hydrogen-bond donors (Lipinski definition) is 2. The number of halogens is 1. The Balaban J connectivity index is 3.04. The Labute approximate surface area is 107 Å². The Hall–Kier alpha value is -0.200. The second-order valence-electron chi connectivity index (χ2n) is 5.50. The van der Waals surface area contributed by atoms with Crippen LogP contribution in [-0.2, 0) is 4.79 Å². The molecule has 0 amide bonds. The van der Waals surface area contributed by atoms with E-state index in [0.717, 1.165) is 6.29 Å². The van der Waals surface area contributed by atoms with Crippen molar-refractivity contribution in [2.24, 2.45) is 0 Å². The fourth-order valence-electron chi connectivity index (χ4n) is 2.52. The molecule has 1 heterocycles. The predicted octanol–water partition coefficient (Wildman–Crippen LogP) is 0.193. The van der Waals surface area contributed by atoms with Gasteiger partial charge in [0.05, 0.1) is 30.0 Å². The zero-order valence-corrected chi connectivity index (χ0v) is 11.5. The first kappa shape index (κ1) is 14.9. The number of carbonyl (C=O) groups is 1. The third-order valence-electron chi connectivity index (χ3n) is 3.50. The number of nitrogens with zero attached hydrogens (tertiary/aromatic N) is 2. The van der Waals surface area contributed by atoms with Gasteiger partial charge in [0.15, 0.2) is 0 Å². The maximum absolute atomic E-state index is 11.3. The quantitative estimate of drug-likeness (QED) is 0.561. The fourth-order valence-corrected chi connectivity index (χ4v) is 2.71. The maximum atomic E-state index is 11.3. The highest BCUT2D eigenvalue weighted by Crippen LogP contribution is 2.42. The molecule has 6 heteroatoms. The summed E-state index contributed by atoms with van der Waals surface area (Å²) >= 11 is 6.28. The Kier molecular flexibility index (Phi) is 4.21. The minimum Gasteiger partial charge on any atom is -0.394 e. The Morgan fingerprint density at radius 2 is 1.94 bits per heavy atom. The average Bonchev–Trinajstić information content (AvgIpc) is 2.37. The largest absolute Gasteiger partial charge is 0.394 e. The molecule has 1 fully saturated rings. The molecule has 1 rings (SSSR count). The normalized spacial score (nSPS) is 30.4. The molecule has 2 atom stereocenters. The van der Waals surface area contributed by atoms with Gasteiger partial charge in [0.25, 0.3) is 0 Å². The molecule has 0 aromatic heterocycles. The molecule has 1 aliphatic rings. The summed E-state index contributed by atoms with van der Waals surface area (Å²) in [6.45, 7) is 7.41. The zero-order valence-electron chi connectivity index (χ0n) is 10.7. The fraction of sp³-hybridized carbons (Fsp3) is 0.909.